The third kappa shape index (κ3) is 4.25. The molecular formula is C17H20F2N2O3S. The van der Waals surface area contributed by atoms with Crippen molar-refractivity contribution in [2.45, 2.75) is 25.7 Å². The first-order valence-electron chi connectivity index (χ1n) is 7.67. The molecule has 1 N–H and O–H groups in total. The van der Waals surface area contributed by atoms with E-state index in [4.69, 9.17) is 0 Å². The molecule has 2 aromatic rings. The van der Waals surface area contributed by atoms with Crippen LogP contribution in [0, 0.1) is 24.5 Å². The number of aryl methyl sites for hydroxylation is 2. The maximum absolute atomic E-state index is 13.4. The number of nitrogens with zero attached hydrogens (tertiary/aromatic N) is 1. The van der Waals surface area contributed by atoms with Gasteiger partial charge in [-0.05, 0) is 30.5 Å². The van der Waals surface area contributed by atoms with Gasteiger partial charge in [0.05, 0.1) is 10.6 Å². The molecule has 0 spiro atoms. The Hall–Kier alpha value is -2.22. The first-order valence-corrected chi connectivity index (χ1v) is 9.32. The number of anilines is 1. The van der Waals surface area contributed by atoms with Crippen LogP contribution in [-0.2, 0) is 16.9 Å². The van der Waals surface area contributed by atoms with Crippen LogP contribution < -0.4 is 5.32 Å². The minimum atomic E-state index is -3.50. The smallest absolute Gasteiger partial charge is 0.272 e. The fraction of sp³-hybridized carbons (Fsp3) is 0.353. The van der Waals surface area contributed by atoms with E-state index in [1.807, 2.05) is 0 Å². The van der Waals surface area contributed by atoms with Gasteiger partial charge in [0.1, 0.15) is 5.69 Å². The van der Waals surface area contributed by atoms with Gasteiger partial charge in [-0.3, -0.25) is 4.79 Å². The maximum atomic E-state index is 13.4. The van der Waals surface area contributed by atoms with E-state index in [1.54, 1.807) is 20.9 Å². The second-order valence-electron chi connectivity index (χ2n) is 6.39. The van der Waals surface area contributed by atoms with Crippen molar-refractivity contribution in [2.24, 2.45) is 13.0 Å². The third-order valence-corrected chi connectivity index (χ3v) is 5.64. The van der Waals surface area contributed by atoms with Crippen LogP contribution in [-0.4, -0.2) is 24.6 Å². The lowest BCUT2D eigenvalue weighted by Gasteiger charge is -2.08. The number of hydrogen-bond donors (Lipinski definition) is 1. The highest BCUT2D eigenvalue weighted by Crippen LogP contribution is 2.21. The Morgan fingerprint density at radius 3 is 2.44 bits per heavy atom. The summed E-state index contributed by atoms with van der Waals surface area (Å²) in [7, 11) is -1.96. The molecule has 1 aromatic heterocycles. The predicted octanol–water partition coefficient (Wildman–Crippen LogP) is 3.29. The SMILES string of the molecule is Cc1cc(NC(=O)c2cc(S(=O)(=O)CC(C)C)cn2C)cc(F)c1F. The summed E-state index contributed by atoms with van der Waals surface area (Å²) < 4.78 is 52.7. The molecule has 0 aliphatic heterocycles. The molecule has 0 atom stereocenters. The van der Waals surface area contributed by atoms with Gasteiger partial charge in [0.25, 0.3) is 5.91 Å². The molecule has 136 valence electrons. The highest BCUT2D eigenvalue weighted by atomic mass is 32.2. The summed E-state index contributed by atoms with van der Waals surface area (Å²) in [5.41, 5.74) is 0.251. The average Bonchev–Trinajstić information content (AvgIpc) is 2.86. The van der Waals surface area contributed by atoms with Gasteiger partial charge in [-0.25, -0.2) is 17.2 Å². The van der Waals surface area contributed by atoms with Crippen LogP contribution in [0.4, 0.5) is 14.5 Å². The molecule has 0 saturated carbocycles. The molecule has 0 bridgehead atoms. The minimum absolute atomic E-state index is 0.0273. The molecule has 25 heavy (non-hydrogen) atoms. The molecule has 1 heterocycles. The van der Waals surface area contributed by atoms with E-state index >= 15 is 0 Å². The van der Waals surface area contributed by atoms with Gasteiger partial charge in [0.2, 0.25) is 0 Å². The van der Waals surface area contributed by atoms with Gasteiger partial charge in [-0.2, -0.15) is 0 Å². The summed E-state index contributed by atoms with van der Waals surface area (Å²) in [6, 6.07) is 3.45. The van der Waals surface area contributed by atoms with E-state index in [9.17, 15) is 22.0 Å². The molecular weight excluding hydrogens is 350 g/mol. The molecule has 0 aliphatic rings. The van der Waals surface area contributed by atoms with E-state index in [1.165, 1.54) is 29.8 Å². The molecule has 1 amide bonds. The van der Waals surface area contributed by atoms with E-state index in [0.717, 1.165) is 6.07 Å². The number of carbonyl (C=O) groups is 1. The molecule has 8 heteroatoms. The molecule has 1 aromatic carbocycles. The van der Waals surface area contributed by atoms with Gasteiger partial charge in [-0.1, -0.05) is 13.8 Å². The molecule has 0 fully saturated rings. The Kier molecular flexibility index (Phi) is 5.31. The van der Waals surface area contributed by atoms with Crippen LogP contribution in [0.3, 0.4) is 0 Å². The van der Waals surface area contributed by atoms with Crippen LogP contribution in [0.1, 0.15) is 29.9 Å². The number of benzene rings is 1. The van der Waals surface area contributed by atoms with E-state index < -0.39 is 27.4 Å². The quantitative estimate of drug-likeness (QED) is 0.878. The van der Waals surface area contributed by atoms with Crippen molar-refractivity contribution in [3.63, 3.8) is 0 Å². The van der Waals surface area contributed by atoms with Gasteiger partial charge in [0.15, 0.2) is 21.5 Å². The van der Waals surface area contributed by atoms with Crippen molar-refractivity contribution in [2.75, 3.05) is 11.1 Å². The Balaban J connectivity index is 2.29. The summed E-state index contributed by atoms with van der Waals surface area (Å²) in [4.78, 5) is 12.4. The van der Waals surface area contributed by atoms with Crippen molar-refractivity contribution in [3.8, 4) is 0 Å². The monoisotopic (exact) mass is 370 g/mol. The number of amides is 1. The minimum Gasteiger partial charge on any atom is -0.345 e. The number of halogens is 2. The lowest BCUT2D eigenvalue weighted by molar-refractivity contribution is 0.101. The Bertz CT molecular complexity index is 895. The van der Waals surface area contributed by atoms with Gasteiger partial charge >= 0.3 is 0 Å². The number of rotatable bonds is 5. The number of nitrogens with one attached hydrogen (secondary N) is 1. The molecule has 0 aliphatic carbocycles. The third-order valence-electron chi connectivity index (χ3n) is 3.59. The molecule has 0 radical (unpaired) electrons. The molecule has 2 rings (SSSR count). The van der Waals surface area contributed by atoms with E-state index in [2.05, 4.69) is 5.32 Å². The summed E-state index contributed by atoms with van der Waals surface area (Å²) in [6.45, 7) is 4.96. The van der Waals surface area contributed by atoms with Crippen LogP contribution in [0.25, 0.3) is 0 Å². The summed E-state index contributed by atoms with van der Waals surface area (Å²) in [5.74, 6) is -2.73. The fourth-order valence-electron chi connectivity index (χ4n) is 2.46. The molecule has 0 saturated heterocycles. The lowest BCUT2D eigenvalue weighted by Crippen LogP contribution is -2.15. The van der Waals surface area contributed by atoms with Gasteiger partial charge in [-0.15, -0.1) is 0 Å². The zero-order valence-electron chi connectivity index (χ0n) is 14.4. The lowest BCUT2D eigenvalue weighted by atomic mass is 10.2. The van der Waals surface area contributed by atoms with Crippen molar-refractivity contribution in [3.05, 3.63) is 47.3 Å². The molecule has 0 unspecified atom stereocenters. The number of hydrogen-bond acceptors (Lipinski definition) is 3. The highest BCUT2D eigenvalue weighted by molar-refractivity contribution is 7.91. The first-order chi connectivity index (χ1) is 11.5. The Labute approximate surface area is 145 Å². The first kappa shape index (κ1) is 19.1. The highest BCUT2D eigenvalue weighted by Gasteiger charge is 2.22. The summed E-state index contributed by atoms with van der Waals surface area (Å²) in [6.07, 6.45) is 1.36. The van der Waals surface area contributed by atoms with Crippen LogP contribution in [0.15, 0.2) is 29.3 Å². The standard InChI is InChI=1S/C17H20F2N2O3S/c1-10(2)9-25(23,24)13-7-15(21(4)8-13)17(22)20-12-5-11(3)16(19)14(18)6-12/h5-8,10H,9H2,1-4H3,(H,20,22). The zero-order valence-corrected chi connectivity index (χ0v) is 15.2. The second kappa shape index (κ2) is 6.95. The summed E-state index contributed by atoms with van der Waals surface area (Å²) >= 11 is 0. The second-order valence-corrected chi connectivity index (χ2v) is 8.42. The Morgan fingerprint density at radius 2 is 1.88 bits per heavy atom. The number of sulfone groups is 1. The molecule has 5 nitrogen and oxygen atoms in total. The fourth-order valence-corrected chi connectivity index (χ4v) is 4.14. The number of carbonyl (C=O) groups excluding carboxylic acids is 1. The predicted molar refractivity (Wildman–Crippen MR) is 91.4 cm³/mol. The van der Waals surface area contributed by atoms with Crippen LogP contribution in [0.2, 0.25) is 0 Å². The van der Waals surface area contributed by atoms with Crippen molar-refractivity contribution in [1.29, 1.82) is 0 Å². The summed E-state index contributed by atoms with van der Waals surface area (Å²) in [5, 5.41) is 2.45. The van der Waals surface area contributed by atoms with Gasteiger partial charge < -0.3 is 9.88 Å². The van der Waals surface area contributed by atoms with Gasteiger partial charge in [0, 0.05) is 25.0 Å². The topological polar surface area (TPSA) is 68.2 Å². The maximum Gasteiger partial charge on any atom is 0.272 e. The normalized spacial score (nSPS) is 11.8. The largest absolute Gasteiger partial charge is 0.345 e. The average molecular weight is 370 g/mol. The van der Waals surface area contributed by atoms with E-state index in [0.29, 0.717) is 0 Å². The Morgan fingerprint density at radius 1 is 1.24 bits per heavy atom. The van der Waals surface area contributed by atoms with Crippen molar-refractivity contribution < 1.29 is 22.0 Å². The zero-order chi connectivity index (χ0) is 18.9. The van der Waals surface area contributed by atoms with Crippen LogP contribution in [0.5, 0.6) is 0 Å². The number of aromatic nitrogens is 1. The van der Waals surface area contributed by atoms with Crippen LogP contribution >= 0.6 is 0 Å². The van der Waals surface area contributed by atoms with Crippen molar-refractivity contribution >= 4 is 21.4 Å². The van der Waals surface area contributed by atoms with E-state index in [-0.39, 0.29) is 33.5 Å². The van der Waals surface area contributed by atoms with Crippen molar-refractivity contribution in [1.82, 2.24) is 4.57 Å².